The van der Waals surface area contributed by atoms with Gasteiger partial charge in [-0.25, -0.2) is 0 Å². The second-order valence-electron chi connectivity index (χ2n) is 2.77. The van der Waals surface area contributed by atoms with Crippen LogP contribution in [0.15, 0.2) is 6.08 Å². The van der Waals surface area contributed by atoms with Gasteiger partial charge in [0.1, 0.15) is 5.97 Å². The maximum absolute atomic E-state index is 10.9. The Labute approximate surface area is 152 Å². The predicted octanol–water partition coefficient (Wildman–Crippen LogP) is 2.62. The Morgan fingerprint density at radius 2 is 1.75 bits per heavy atom. The number of hydrogen-bond acceptors (Lipinski definition) is 5. The van der Waals surface area contributed by atoms with Crippen LogP contribution in [0, 0.1) is 17.9 Å². The molecular weight excluding hydrogens is 478 g/mol. The molecule has 0 spiro atoms. The zero-order chi connectivity index (χ0) is 15.5. The number of carbonyl (C=O) groups excluding carboxylic acids is 2. The summed E-state index contributed by atoms with van der Waals surface area (Å²) < 4.78 is 9.38. The third kappa shape index (κ3) is 26.6. The van der Waals surface area contributed by atoms with E-state index in [9.17, 15) is 9.59 Å². The van der Waals surface area contributed by atoms with Crippen LogP contribution in [0.2, 0.25) is 0 Å². The Morgan fingerprint density at radius 1 is 1.25 bits per heavy atom. The average molecular weight is 495 g/mol. The Morgan fingerprint density at radius 3 is 2.20 bits per heavy atom. The molecule has 0 fully saturated rings. The van der Waals surface area contributed by atoms with Gasteiger partial charge in [-0.1, -0.05) is 6.42 Å². The van der Waals surface area contributed by atoms with Gasteiger partial charge in [-0.05, 0) is 20.3 Å². The van der Waals surface area contributed by atoms with Crippen molar-refractivity contribution in [2.75, 3.05) is 13.2 Å². The van der Waals surface area contributed by atoms with E-state index in [1.54, 1.807) is 19.9 Å². The average Bonchev–Trinajstić information content (AvgIpc) is 2.43. The van der Waals surface area contributed by atoms with Gasteiger partial charge in [0, 0.05) is 6.42 Å². The molecule has 0 aromatic carbocycles. The van der Waals surface area contributed by atoms with Crippen LogP contribution in [0.1, 0.15) is 33.1 Å². The second-order valence-corrected chi connectivity index (χ2v) is 2.77. The predicted molar refractivity (Wildman–Crippen MR) is 73.9 cm³/mol. The Balaban J connectivity index is -0.000000233. The molecule has 0 N–H and O–H groups in total. The van der Waals surface area contributed by atoms with E-state index in [-0.39, 0.29) is 23.0 Å². The first-order chi connectivity index (χ1) is 9.20. The molecule has 20 heavy (non-hydrogen) atoms. The number of esters is 2. The topological polar surface area (TPSA) is 76.4 Å². The van der Waals surface area contributed by atoms with Crippen molar-refractivity contribution in [3.63, 3.8) is 0 Å². The van der Waals surface area contributed by atoms with Crippen LogP contribution in [0.4, 0.5) is 0 Å². The molecule has 0 heterocycles. The molecule has 0 aliphatic rings. The molecule has 0 rings (SSSR count). The molecule has 0 saturated heterocycles. The molecule has 0 bridgehead atoms. The van der Waals surface area contributed by atoms with Gasteiger partial charge in [-0.15, -0.1) is 0 Å². The molecule has 0 aliphatic carbocycles. The van der Waals surface area contributed by atoms with Crippen LogP contribution in [0.5, 0.6) is 0 Å². The standard InChI is InChI=1S/C11H17O4.CN.Cu.HI.Zn/c1-3-14-10(12)8-6-5-7-9-11(13)15-4-2;1-2;;;/h6H,3-5,7,9H2,1-2H3;;;1H;/q2*-1;+1;;+2/p-1. The molecule has 0 amide bonds. The van der Waals surface area contributed by atoms with Crippen molar-refractivity contribution in [1.29, 1.82) is 5.26 Å². The summed E-state index contributed by atoms with van der Waals surface area (Å²) in [5.74, 6) is -0.671. The van der Waals surface area contributed by atoms with Crippen molar-refractivity contribution in [2.45, 2.75) is 33.1 Å². The zero-order valence-electron chi connectivity index (χ0n) is 11.6. The molecule has 0 atom stereocenters. The van der Waals surface area contributed by atoms with Gasteiger partial charge in [0.25, 0.3) is 0 Å². The van der Waals surface area contributed by atoms with Gasteiger partial charge in [-0.3, -0.25) is 15.7 Å². The Hall–Kier alpha value is 0.0429. The second kappa shape index (κ2) is 27.4. The van der Waals surface area contributed by atoms with E-state index < -0.39 is 5.97 Å². The van der Waals surface area contributed by atoms with Crippen molar-refractivity contribution in [3.8, 4) is 0 Å². The van der Waals surface area contributed by atoms with Gasteiger partial charge in [0.2, 0.25) is 0 Å². The minimum absolute atomic E-state index is 0. The van der Waals surface area contributed by atoms with Crippen LogP contribution >= 0.6 is 19.8 Å². The van der Waals surface area contributed by atoms with Crippen molar-refractivity contribution in [3.05, 3.63) is 18.7 Å². The van der Waals surface area contributed by atoms with E-state index in [0.29, 0.717) is 32.5 Å². The Bertz CT molecular complexity index is 275. The zero-order valence-corrected chi connectivity index (χ0v) is 17.6. The summed E-state index contributed by atoms with van der Waals surface area (Å²) in [6.45, 7) is 9.01. The van der Waals surface area contributed by atoms with E-state index in [1.165, 1.54) is 14.8 Å². The molecule has 0 aliphatic heterocycles. The third-order valence-electron chi connectivity index (χ3n) is 1.53. The van der Waals surface area contributed by atoms with Gasteiger partial charge in [0.05, 0.1) is 13.2 Å². The number of nitrogens with zero attached hydrogens (tertiary/aromatic N) is 1. The van der Waals surface area contributed by atoms with Crippen LogP contribution in [-0.4, -0.2) is 25.2 Å². The SMILES string of the molecule is CCOC(=O)[C-]=CCCCC(=O)OCC.[C-]#N.[Cu+].[Zn+][I]. The van der Waals surface area contributed by atoms with Gasteiger partial charge < -0.3 is 27.4 Å². The number of allylic oxidation sites excluding steroid dienone is 1. The number of unbranched alkanes of at least 4 members (excludes halogenated alkanes) is 1. The number of rotatable bonds is 7. The molecular formula is C12H17CuINO4Zn. The van der Waals surface area contributed by atoms with Crippen molar-refractivity contribution in [2.24, 2.45) is 0 Å². The fraction of sp³-hybridized carbons (Fsp3) is 0.583. The first-order valence-electron chi connectivity index (χ1n) is 5.60. The maximum atomic E-state index is 10.9. The molecule has 0 saturated carbocycles. The fourth-order valence-electron chi connectivity index (χ4n) is 0.910. The molecule has 0 unspecified atom stereocenters. The molecule has 0 aromatic rings. The number of ether oxygens (including phenoxy) is 2. The first kappa shape index (κ1) is 28.2. The molecule has 0 aromatic heterocycles. The quantitative estimate of drug-likeness (QED) is 0.136. The van der Waals surface area contributed by atoms with Crippen molar-refractivity contribution >= 4 is 31.7 Å². The number of halogens is 1. The monoisotopic (exact) mass is 493 g/mol. The van der Waals surface area contributed by atoms with Crippen molar-refractivity contribution in [1.82, 2.24) is 0 Å². The van der Waals surface area contributed by atoms with Crippen molar-refractivity contribution < 1.29 is 50.9 Å². The van der Waals surface area contributed by atoms with Gasteiger partial charge in [-0.2, -0.15) is 0 Å². The summed E-state index contributed by atoms with van der Waals surface area (Å²) >= 11 is 3.62. The minimum atomic E-state index is -0.464. The van der Waals surface area contributed by atoms with Crippen LogP contribution < -0.4 is 0 Å². The summed E-state index contributed by atoms with van der Waals surface area (Å²) in [5.41, 5.74) is 0. The Kier molecular flexibility index (Phi) is 38.7. The van der Waals surface area contributed by atoms with Crippen LogP contribution in [0.25, 0.3) is 0 Å². The molecule has 8 heteroatoms. The first-order valence-corrected chi connectivity index (χ1v) is 14.6. The normalized spacial score (nSPS) is 8.15. The summed E-state index contributed by atoms with van der Waals surface area (Å²) in [4.78, 5) is 21.7. The number of carbonyl (C=O) groups is 2. The van der Waals surface area contributed by atoms with Crippen LogP contribution in [-0.2, 0) is 50.9 Å². The van der Waals surface area contributed by atoms with E-state index in [0.717, 1.165) is 0 Å². The number of hydrogen-bond donors (Lipinski definition) is 0. The summed E-state index contributed by atoms with van der Waals surface area (Å²) in [6, 6.07) is 0. The van der Waals surface area contributed by atoms with E-state index >= 15 is 0 Å². The molecule has 114 valence electrons. The fourth-order valence-corrected chi connectivity index (χ4v) is 0.910. The summed E-state index contributed by atoms with van der Waals surface area (Å²) in [7, 11) is 0. The summed E-state index contributed by atoms with van der Waals surface area (Å²) in [6.07, 6.45) is 5.68. The van der Waals surface area contributed by atoms with E-state index in [2.05, 4.69) is 30.6 Å². The molecule has 0 radical (unpaired) electrons. The van der Waals surface area contributed by atoms with E-state index in [4.69, 9.17) is 16.6 Å². The summed E-state index contributed by atoms with van der Waals surface area (Å²) in [5, 5.41) is 6.25. The van der Waals surface area contributed by atoms with Gasteiger partial charge >= 0.3 is 57.6 Å². The molecule has 5 nitrogen and oxygen atoms in total. The van der Waals surface area contributed by atoms with Gasteiger partial charge in [0.15, 0.2) is 0 Å². The van der Waals surface area contributed by atoms with Crippen LogP contribution in [0.3, 0.4) is 0 Å². The van der Waals surface area contributed by atoms with E-state index in [1.807, 2.05) is 0 Å². The third-order valence-corrected chi connectivity index (χ3v) is 1.53.